The highest BCUT2D eigenvalue weighted by Gasteiger charge is 2.33. The van der Waals surface area contributed by atoms with Crippen molar-refractivity contribution in [3.8, 4) is 0 Å². The maximum atomic E-state index is 11.4. The summed E-state index contributed by atoms with van der Waals surface area (Å²) in [5.41, 5.74) is 2.50. The lowest BCUT2D eigenvalue weighted by Crippen LogP contribution is -2.35. The number of rotatable bonds is 2. The molecule has 0 saturated heterocycles. The molecule has 0 amide bonds. The first-order valence-electron chi connectivity index (χ1n) is 6.69. The van der Waals surface area contributed by atoms with Crippen LogP contribution in [0.1, 0.15) is 23.5 Å². The predicted molar refractivity (Wildman–Crippen MR) is 89.4 cm³/mol. The van der Waals surface area contributed by atoms with Crippen molar-refractivity contribution in [1.82, 2.24) is 0 Å². The summed E-state index contributed by atoms with van der Waals surface area (Å²) in [4.78, 5) is 11.4. The van der Waals surface area contributed by atoms with Crippen LogP contribution in [0, 0.1) is 0 Å². The van der Waals surface area contributed by atoms with Crippen LogP contribution in [0.3, 0.4) is 0 Å². The van der Waals surface area contributed by atoms with Gasteiger partial charge in [-0.1, -0.05) is 46.9 Å². The van der Waals surface area contributed by atoms with E-state index < -0.39 is 12.0 Å². The molecule has 0 saturated carbocycles. The summed E-state index contributed by atoms with van der Waals surface area (Å²) in [7, 11) is 0. The number of hydrogen-bond donors (Lipinski definition) is 2. The maximum Gasteiger partial charge on any atom is 0.326 e. The fourth-order valence-electron chi connectivity index (χ4n) is 2.82. The Morgan fingerprint density at radius 2 is 1.77 bits per heavy atom. The van der Waals surface area contributed by atoms with Gasteiger partial charge < -0.3 is 10.4 Å². The topological polar surface area (TPSA) is 49.3 Å². The van der Waals surface area contributed by atoms with E-state index in [-0.39, 0.29) is 5.92 Å². The van der Waals surface area contributed by atoms with Gasteiger partial charge in [-0.2, -0.15) is 0 Å². The molecule has 0 fully saturated rings. The van der Waals surface area contributed by atoms with E-state index in [1.807, 2.05) is 12.1 Å². The molecule has 1 aliphatic heterocycles. The number of halogens is 3. The van der Waals surface area contributed by atoms with Gasteiger partial charge in [-0.3, -0.25) is 0 Å². The SMILES string of the molecule is O=C(O)C1CC(c2ccc(Cl)cc2)c2c(Cl)cc(Cl)cc2N1. The number of carboxylic acids is 1. The quantitative estimate of drug-likeness (QED) is 0.792. The third-order valence-corrected chi connectivity index (χ3v) is 4.60. The summed E-state index contributed by atoms with van der Waals surface area (Å²) < 4.78 is 0. The molecule has 0 spiro atoms. The molecular formula is C16H12Cl3NO2. The van der Waals surface area contributed by atoms with E-state index in [0.717, 1.165) is 11.1 Å². The van der Waals surface area contributed by atoms with Crippen LogP contribution >= 0.6 is 34.8 Å². The second-order valence-corrected chi connectivity index (χ2v) is 6.50. The van der Waals surface area contributed by atoms with Crippen LogP contribution in [-0.4, -0.2) is 17.1 Å². The van der Waals surface area contributed by atoms with E-state index in [1.54, 1.807) is 24.3 Å². The fourth-order valence-corrected chi connectivity index (χ4v) is 3.57. The molecule has 0 aromatic heterocycles. The average Bonchev–Trinajstić information content (AvgIpc) is 2.46. The molecule has 22 heavy (non-hydrogen) atoms. The highest BCUT2D eigenvalue weighted by atomic mass is 35.5. The normalized spacial score (nSPS) is 20.1. The van der Waals surface area contributed by atoms with E-state index in [0.29, 0.717) is 27.2 Å². The largest absolute Gasteiger partial charge is 0.480 e. The Kier molecular flexibility index (Phi) is 4.22. The van der Waals surface area contributed by atoms with Crippen molar-refractivity contribution in [1.29, 1.82) is 0 Å². The zero-order chi connectivity index (χ0) is 15.9. The van der Waals surface area contributed by atoms with Gasteiger partial charge in [0, 0.05) is 32.2 Å². The molecule has 0 radical (unpaired) electrons. The Hall–Kier alpha value is -1.42. The van der Waals surface area contributed by atoms with Crippen LogP contribution in [0.25, 0.3) is 0 Å². The van der Waals surface area contributed by atoms with E-state index in [4.69, 9.17) is 34.8 Å². The van der Waals surface area contributed by atoms with Gasteiger partial charge in [0.1, 0.15) is 6.04 Å². The van der Waals surface area contributed by atoms with Crippen molar-refractivity contribution in [2.24, 2.45) is 0 Å². The second-order valence-electron chi connectivity index (χ2n) is 5.22. The lowest BCUT2D eigenvalue weighted by atomic mass is 9.82. The van der Waals surface area contributed by atoms with Crippen LogP contribution in [0.4, 0.5) is 5.69 Å². The lowest BCUT2D eigenvalue weighted by Gasteiger charge is -2.32. The summed E-state index contributed by atoms with van der Waals surface area (Å²) in [6.45, 7) is 0. The van der Waals surface area contributed by atoms with Crippen molar-refractivity contribution in [3.05, 3.63) is 62.6 Å². The smallest absolute Gasteiger partial charge is 0.326 e. The molecule has 114 valence electrons. The second kappa shape index (κ2) is 5.99. The Bertz CT molecular complexity index is 731. The molecule has 0 bridgehead atoms. The number of carboxylic acid groups (broad SMARTS) is 1. The number of benzene rings is 2. The van der Waals surface area contributed by atoms with Gasteiger partial charge in [0.05, 0.1) is 0 Å². The zero-order valence-corrected chi connectivity index (χ0v) is 13.6. The van der Waals surface area contributed by atoms with Crippen molar-refractivity contribution in [2.75, 3.05) is 5.32 Å². The first kappa shape index (κ1) is 15.5. The summed E-state index contributed by atoms with van der Waals surface area (Å²) >= 11 is 18.3. The summed E-state index contributed by atoms with van der Waals surface area (Å²) in [5, 5.41) is 14.0. The first-order valence-corrected chi connectivity index (χ1v) is 7.83. The Labute approximate surface area is 142 Å². The Morgan fingerprint density at radius 3 is 2.41 bits per heavy atom. The molecule has 3 rings (SSSR count). The number of aliphatic carboxylic acids is 1. The molecule has 2 atom stereocenters. The molecular weight excluding hydrogens is 345 g/mol. The van der Waals surface area contributed by atoms with Crippen molar-refractivity contribution in [3.63, 3.8) is 0 Å². The van der Waals surface area contributed by atoms with E-state index >= 15 is 0 Å². The van der Waals surface area contributed by atoms with Gasteiger partial charge in [-0.15, -0.1) is 0 Å². The maximum absolute atomic E-state index is 11.4. The van der Waals surface area contributed by atoms with Crippen LogP contribution in [0.2, 0.25) is 15.1 Å². The summed E-state index contributed by atoms with van der Waals surface area (Å²) in [6.07, 6.45) is 0.408. The molecule has 2 N–H and O–H groups in total. The fraction of sp³-hybridized carbons (Fsp3) is 0.188. The van der Waals surface area contributed by atoms with Crippen LogP contribution in [-0.2, 0) is 4.79 Å². The lowest BCUT2D eigenvalue weighted by molar-refractivity contribution is -0.138. The molecule has 2 aromatic rings. The number of nitrogens with one attached hydrogen (secondary N) is 1. The standard InChI is InChI=1S/C16H12Cl3NO2/c17-9-3-1-8(2-4-9)11-7-14(16(21)22)20-13-6-10(18)5-12(19)15(11)13/h1-6,11,14,20H,7H2,(H,21,22). The minimum absolute atomic E-state index is 0.126. The van der Waals surface area contributed by atoms with Crippen LogP contribution < -0.4 is 5.32 Å². The van der Waals surface area contributed by atoms with Crippen LogP contribution in [0.15, 0.2) is 36.4 Å². The van der Waals surface area contributed by atoms with Gasteiger partial charge in [-0.25, -0.2) is 4.79 Å². The van der Waals surface area contributed by atoms with Gasteiger partial charge in [0.2, 0.25) is 0 Å². The van der Waals surface area contributed by atoms with E-state index in [2.05, 4.69) is 5.32 Å². The summed E-state index contributed by atoms with van der Waals surface area (Å²) in [5.74, 6) is -1.03. The van der Waals surface area contributed by atoms with E-state index in [1.165, 1.54) is 0 Å². The molecule has 0 aliphatic carbocycles. The van der Waals surface area contributed by atoms with Gasteiger partial charge in [0.15, 0.2) is 0 Å². The third-order valence-electron chi connectivity index (χ3n) is 3.81. The Balaban J connectivity index is 2.13. The molecule has 1 heterocycles. The van der Waals surface area contributed by atoms with Crippen molar-refractivity contribution in [2.45, 2.75) is 18.4 Å². The Morgan fingerprint density at radius 1 is 1.09 bits per heavy atom. The minimum Gasteiger partial charge on any atom is -0.480 e. The number of anilines is 1. The van der Waals surface area contributed by atoms with Gasteiger partial charge in [-0.05, 0) is 36.2 Å². The molecule has 2 unspecified atom stereocenters. The molecule has 1 aliphatic rings. The predicted octanol–water partition coefficient (Wildman–Crippen LogP) is 5.05. The highest BCUT2D eigenvalue weighted by Crippen LogP contribution is 2.44. The number of fused-ring (bicyclic) bond motifs is 1. The van der Waals surface area contributed by atoms with Crippen molar-refractivity contribution < 1.29 is 9.90 Å². The van der Waals surface area contributed by atoms with Gasteiger partial charge >= 0.3 is 5.97 Å². The zero-order valence-electron chi connectivity index (χ0n) is 11.3. The average molecular weight is 357 g/mol. The van der Waals surface area contributed by atoms with E-state index in [9.17, 15) is 9.90 Å². The monoisotopic (exact) mass is 355 g/mol. The minimum atomic E-state index is -0.902. The molecule has 3 nitrogen and oxygen atoms in total. The van der Waals surface area contributed by atoms with Crippen molar-refractivity contribution >= 4 is 46.5 Å². The number of hydrogen-bond acceptors (Lipinski definition) is 2. The molecule has 6 heteroatoms. The third kappa shape index (κ3) is 2.89. The van der Waals surface area contributed by atoms with Crippen LogP contribution in [0.5, 0.6) is 0 Å². The summed E-state index contributed by atoms with van der Waals surface area (Å²) in [6, 6.07) is 10.1. The molecule has 2 aromatic carbocycles. The van der Waals surface area contributed by atoms with Gasteiger partial charge in [0.25, 0.3) is 0 Å². The number of carbonyl (C=O) groups is 1. The highest BCUT2D eigenvalue weighted by molar-refractivity contribution is 6.35. The first-order chi connectivity index (χ1) is 10.5.